The van der Waals surface area contributed by atoms with E-state index in [-0.39, 0.29) is 18.3 Å². The summed E-state index contributed by atoms with van der Waals surface area (Å²) in [7, 11) is 0. The molecule has 1 N–H and O–H groups in total. The zero-order valence-electron chi connectivity index (χ0n) is 47.7. The Morgan fingerprint density at radius 1 is 0.530 bits per heavy atom. The van der Waals surface area contributed by atoms with Gasteiger partial charge in [0, 0.05) is 149 Å². The Labute approximate surface area is 495 Å². The van der Waals surface area contributed by atoms with Gasteiger partial charge in [-0.25, -0.2) is 14.4 Å². The van der Waals surface area contributed by atoms with Gasteiger partial charge in [0.15, 0.2) is 0 Å². The minimum absolute atomic E-state index is 0.258. The van der Waals surface area contributed by atoms with E-state index in [2.05, 4.69) is 52.3 Å². The Bertz CT molecular complexity index is 3330. The first-order valence-electron chi connectivity index (χ1n) is 27.5. The van der Waals surface area contributed by atoms with Crippen molar-refractivity contribution in [1.29, 1.82) is 0 Å². The van der Waals surface area contributed by atoms with E-state index in [1.54, 1.807) is 45.0 Å². The molecule has 0 bridgehead atoms. The minimum Gasteiger partial charge on any atom is -0.482 e. The molecule has 9 heterocycles. The van der Waals surface area contributed by atoms with Gasteiger partial charge in [0.1, 0.15) is 56.5 Å². The lowest BCUT2D eigenvalue weighted by atomic mass is 9.81. The van der Waals surface area contributed by atoms with Crippen LogP contribution in [-0.4, -0.2) is 119 Å². The fraction of sp³-hybridized carbons (Fsp3) is 0.492. The standard InChI is InChI=1S/2C20H22BrF2N3O3.C19H23N3O3/c1-18(2,3)29-17(27)25-10-8-19(9-11-25)14-12-26(20(21,22)23)24-16(14)13-6-4-5-7-15(13)28-19;1-18(2,3)29-17(27)25-10-8-19(9-11-25)14-12-24-26(20(21,22)23)16(14)13-6-4-5-7-15(13)28-19;1-18(2,3)25-17(23)22-10-8-19(9-11-22)14-12-20-21-16(14)13-6-4-5-7-15(13)24-19/h2*4-7,12H,8-11H2,1-3H3;4-7,12H,8-11H2,1-3H3,(H,20,21). The van der Waals surface area contributed by atoms with Crippen LogP contribution in [0.3, 0.4) is 0 Å². The molecule has 6 aliphatic rings. The number of benzene rings is 3. The lowest BCUT2D eigenvalue weighted by Gasteiger charge is -2.44. The zero-order chi connectivity index (χ0) is 59.7. The largest absolute Gasteiger partial charge is 0.482 e. The summed E-state index contributed by atoms with van der Waals surface area (Å²) in [6.07, 6.45) is 6.85. The van der Waals surface area contributed by atoms with Crippen molar-refractivity contribution in [3.63, 3.8) is 0 Å². The number of hydrogen-bond donors (Lipinski definition) is 1. The number of carbonyl (C=O) groups is 3. The number of halogens is 6. The summed E-state index contributed by atoms with van der Waals surface area (Å²) in [6, 6.07) is 22.4. The SMILES string of the molecule is CC(C)(C)OC(=O)N1CCC2(CC1)Oc1ccccc1-c1[nH]ncc12.CC(C)(C)OC(=O)N1CCC2(CC1)Oc1ccccc1-c1c2cnn1C(F)(F)Br.CC(C)(C)OC(=O)N1CCC2(CC1)Oc1ccccc1-c1nn(C(F)(F)Br)cc12. The van der Waals surface area contributed by atoms with Crippen LogP contribution in [0.4, 0.5) is 31.9 Å². The molecular formula is C59H67Br2F4N9O9. The number of piperidine rings is 3. The summed E-state index contributed by atoms with van der Waals surface area (Å²) in [5.41, 5.74) is 2.70. The van der Waals surface area contributed by atoms with Gasteiger partial charge in [-0.15, -0.1) is 0 Å². The van der Waals surface area contributed by atoms with E-state index in [0.717, 1.165) is 22.6 Å². The molecule has 3 spiro atoms. The third kappa shape index (κ3) is 12.3. The number of amides is 3. The van der Waals surface area contributed by atoms with Crippen molar-refractivity contribution < 1.29 is 60.4 Å². The smallest absolute Gasteiger partial charge is 0.410 e. The van der Waals surface area contributed by atoms with Crippen molar-refractivity contribution in [2.75, 3.05) is 39.3 Å². The van der Waals surface area contributed by atoms with Gasteiger partial charge in [0.05, 0.1) is 23.8 Å². The van der Waals surface area contributed by atoms with Crippen molar-refractivity contribution in [3.05, 3.63) is 108 Å². The molecule has 444 valence electrons. The number of aromatic amines is 1. The molecule has 3 aromatic carbocycles. The average Bonchev–Trinajstić information content (AvgIpc) is 2.69. The van der Waals surface area contributed by atoms with E-state index >= 15 is 0 Å². The molecule has 83 heavy (non-hydrogen) atoms. The Morgan fingerprint density at radius 2 is 0.916 bits per heavy atom. The second-order valence-electron chi connectivity index (χ2n) is 24.4. The van der Waals surface area contributed by atoms with Crippen LogP contribution in [-0.2, 0) is 40.9 Å². The first-order valence-corrected chi connectivity index (χ1v) is 29.1. The number of hydrogen-bond acceptors (Lipinski definition) is 12. The normalized spacial score (nSPS) is 18.1. The van der Waals surface area contributed by atoms with Gasteiger partial charge in [-0.3, -0.25) is 5.10 Å². The molecule has 0 aliphatic carbocycles. The molecule has 6 aliphatic heterocycles. The van der Waals surface area contributed by atoms with Gasteiger partial charge in [-0.05, 0) is 98.7 Å². The third-order valence-electron chi connectivity index (χ3n) is 15.1. The third-order valence-corrected chi connectivity index (χ3v) is 15.8. The van der Waals surface area contributed by atoms with Gasteiger partial charge >= 0.3 is 28.2 Å². The number of carbonyl (C=O) groups excluding carboxylic acids is 3. The fourth-order valence-corrected chi connectivity index (χ4v) is 11.8. The molecule has 3 aromatic heterocycles. The number of aromatic nitrogens is 6. The number of alkyl halides is 6. The van der Waals surface area contributed by atoms with E-state index in [4.69, 9.17) is 28.4 Å². The van der Waals surface area contributed by atoms with Crippen molar-refractivity contribution >= 4 is 50.1 Å². The maximum Gasteiger partial charge on any atom is 0.410 e. The number of H-pyrrole nitrogens is 1. The Hall–Kier alpha value is -6.82. The van der Waals surface area contributed by atoms with Crippen molar-refractivity contribution in [1.82, 2.24) is 44.5 Å². The molecule has 3 saturated heterocycles. The highest BCUT2D eigenvalue weighted by Gasteiger charge is 2.51. The summed E-state index contributed by atoms with van der Waals surface area (Å²) in [5, 5.41) is 15.5. The summed E-state index contributed by atoms with van der Waals surface area (Å²) in [6.45, 7) is 19.3. The lowest BCUT2D eigenvalue weighted by molar-refractivity contribution is -0.0233. The van der Waals surface area contributed by atoms with Crippen molar-refractivity contribution in [3.8, 4) is 51.0 Å². The van der Waals surface area contributed by atoms with Gasteiger partial charge in [-0.1, -0.05) is 36.4 Å². The molecular weight excluding hydrogens is 1210 g/mol. The van der Waals surface area contributed by atoms with Crippen molar-refractivity contribution in [2.24, 2.45) is 0 Å². The molecule has 3 amide bonds. The van der Waals surface area contributed by atoms with E-state index in [9.17, 15) is 31.9 Å². The second kappa shape index (κ2) is 21.7. The van der Waals surface area contributed by atoms with Crippen LogP contribution >= 0.6 is 31.9 Å². The van der Waals surface area contributed by atoms with E-state index in [0.29, 0.717) is 132 Å². The van der Waals surface area contributed by atoms with Crippen LogP contribution < -0.4 is 14.2 Å². The fourth-order valence-electron chi connectivity index (χ4n) is 11.3. The summed E-state index contributed by atoms with van der Waals surface area (Å²) in [5.74, 6) is 2.00. The predicted molar refractivity (Wildman–Crippen MR) is 306 cm³/mol. The molecule has 3 fully saturated rings. The summed E-state index contributed by atoms with van der Waals surface area (Å²) in [4.78, 5) is 35.5. The molecule has 0 saturated carbocycles. The lowest BCUT2D eigenvalue weighted by Crippen LogP contribution is -2.50. The van der Waals surface area contributed by atoms with E-state index < -0.39 is 43.5 Å². The highest BCUT2D eigenvalue weighted by molar-refractivity contribution is 9.09. The van der Waals surface area contributed by atoms with Crippen LogP contribution in [0.5, 0.6) is 17.2 Å². The Morgan fingerprint density at radius 3 is 1.35 bits per heavy atom. The Balaban J connectivity index is 0.000000140. The Kier molecular flexibility index (Phi) is 15.5. The maximum absolute atomic E-state index is 14.2. The van der Waals surface area contributed by atoms with Gasteiger partial charge < -0.3 is 43.1 Å². The van der Waals surface area contributed by atoms with Crippen LogP contribution in [0.2, 0.25) is 0 Å². The average molecular weight is 1280 g/mol. The number of likely N-dealkylation sites (tertiary alicyclic amines) is 3. The molecule has 6 aromatic rings. The molecule has 18 nitrogen and oxygen atoms in total. The first kappa shape index (κ1) is 59.3. The quantitative estimate of drug-likeness (QED) is 0.0986. The van der Waals surface area contributed by atoms with Crippen LogP contribution in [0.15, 0.2) is 91.4 Å². The first-order chi connectivity index (χ1) is 38.9. The summed E-state index contributed by atoms with van der Waals surface area (Å²) < 4.78 is 93.0. The number of ether oxygens (including phenoxy) is 6. The minimum atomic E-state index is -3.33. The van der Waals surface area contributed by atoms with Gasteiger partial charge in [-0.2, -0.15) is 42.2 Å². The predicted octanol–water partition coefficient (Wildman–Crippen LogP) is 13.8. The van der Waals surface area contributed by atoms with Crippen LogP contribution in [0, 0.1) is 0 Å². The molecule has 0 unspecified atom stereocenters. The number of para-hydroxylation sites is 3. The number of nitrogens with zero attached hydrogens (tertiary/aromatic N) is 8. The number of fused-ring (bicyclic) bond motifs is 12. The van der Waals surface area contributed by atoms with E-state index in [1.165, 1.54) is 12.4 Å². The zero-order valence-corrected chi connectivity index (χ0v) is 50.8. The molecule has 24 heteroatoms. The topological polar surface area (TPSA) is 181 Å². The number of rotatable bonds is 2. The number of nitrogens with one attached hydrogen (secondary N) is 1. The monoisotopic (exact) mass is 1280 g/mol. The second-order valence-corrected chi connectivity index (χ2v) is 26.3. The molecule has 0 atom stereocenters. The van der Waals surface area contributed by atoms with Crippen LogP contribution in [0.1, 0.15) is 118 Å². The van der Waals surface area contributed by atoms with Gasteiger partial charge in [0.25, 0.3) is 0 Å². The van der Waals surface area contributed by atoms with E-state index in [1.807, 2.05) is 111 Å². The van der Waals surface area contributed by atoms with Gasteiger partial charge in [0.2, 0.25) is 0 Å². The summed E-state index contributed by atoms with van der Waals surface area (Å²) >= 11 is 4.80. The molecule has 12 rings (SSSR count). The highest BCUT2D eigenvalue weighted by Crippen LogP contribution is 2.53. The maximum atomic E-state index is 14.2. The molecule has 0 radical (unpaired) electrons. The van der Waals surface area contributed by atoms with Crippen molar-refractivity contribution in [2.45, 2.75) is 144 Å². The van der Waals surface area contributed by atoms with Crippen LogP contribution in [0.25, 0.3) is 33.8 Å². The highest BCUT2D eigenvalue weighted by atomic mass is 79.9.